The van der Waals surface area contributed by atoms with E-state index in [0.717, 1.165) is 13.8 Å². The Hall–Kier alpha value is -12.0. The summed E-state index contributed by atoms with van der Waals surface area (Å²) >= 11 is 0. The summed E-state index contributed by atoms with van der Waals surface area (Å²) in [6, 6.07) is -6.14. The van der Waals surface area contributed by atoms with E-state index in [4.69, 9.17) is 17.2 Å². The molecule has 1 aliphatic rings. The van der Waals surface area contributed by atoms with Gasteiger partial charge in [-0.1, -0.05) is 116 Å². The maximum atomic E-state index is 14.8. The smallest absolute Gasteiger partial charge is 0.326 e. The first-order valence-electron chi connectivity index (χ1n) is 41.9. The van der Waals surface area contributed by atoms with Crippen molar-refractivity contribution in [3.05, 3.63) is 90.0 Å². The van der Waals surface area contributed by atoms with Gasteiger partial charge < -0.3 is 122 Å². The SMILES string of the molecule is CC(C)C[C@H](NC(=O)[C@H](C)NC(=O)[C@H](CCC(=O)O)NC(=O)[C@H](CC(C)C)NC(=O)[C@H](CC(N)=O)NC(=O)[C@@H](N)Cc1ccccc1)C(=O)N[C@H](C(=O)N[C@H](C(=O)N[C@@H](Cc1c[nH]cn1)C(=O)N[C@H](C(=O)N[C@@H](CC(C)C)C(=O)N1CCC[C@H]1C(=O)N[C@@H](Cc1ccccc1)C(=O)N[C@@H](CCC(=O)[15NH][13C@@H]([13CH2][13CH2][13CH2][13CH2][15NH2])[13C](=O)O)C(=O)O)[C@@H](C)O)[C@@H](C)O)C(C)C. The molecule has 0 unspecified atom stereocenters. The molecule has 0 bridgehead atoms. The highest BCUT2D eigenvalue weighted by atomic mass is 16.5. The molecule has 1 fully saturated rings. The van der Waals surface area contributed by atoms with Gasteiger partial charge in [-0.3, -0.25) is 76.7 Å². The van der Waals surface area contributed by atoms with Crippen molar-refractivity contribution in [3.63, 3.8) is 0 Å². The number of aliphatic hydroxyl groups excluding tert-OH is 2. The lowest BCUT2D eigenvalue weighted by Crippen LogP contribution is -2.63. The molecule has 3 aromatic rings. The topological polar surface area (TPSA) is 675 Å². The predicted molar refractivity (Wildman–Crippen MR) is 451 cm³/mol. The number of rotatable bonds is 55. The van der Waals surface area contributed by atoms with E-state index in [-0.39, 0.29) is 81.4 Å². The van der Waals surface area contributed by atoms with Gasteiger partial charge >= 0.3 is 17.9 Å². The Kier molecular flexibility index (Phi) is 44.3. The Bertz CT molecular complexity index is 4140. The van der Waals surface area contributed by atoms with Gasteiger partial charge in [0, 0.05) is 38.4 Å². The van der Waals surface area contributed by atoms with Gasteiger partial charge in [-0.15, -0.1) is 0 Å². The third kappa shape index (κ3) is 36.7. The zero-order valence-corrected chi connectivity index (χ0v) is 72.5. The number of likely N-dealkylation sites (tertiary alicyclic amines) is 1. The molecule has 1 aliphatic heterocycles. The molecule has 125 heavy (non-hydrogen) atoms. The van der Waals surface area contributed by atoms with Crippen LogP contribution < -0.4 is 86.3 Å². The van der Waals surface area contributed by atoms with Crippen LogP contribution in [0.5, 0.6) is 0 Å². The second-order valence-corrected chi connectivity index (χ2v) is 33.0. The predicted octanol–water partition coefficient (Wildman–Crippen LogP) is -3.55. The van der Waals surface area contributed by atoms with Crippen molar-refractivity contribution in [1.82, 2.24) is 84.0 Å². The fourth-order valence-electron chi connectivity index (χ4n) is 13.6. The minimum absolute atomic E-state index is 0.0286. The third-order valence-electron chi connectivity index (χ3n) is 20.3. The normalized spacial score (nSPS) is 16.4. The molecule has 2 heterocycles. The lowest BCUT2D eigenvalue weighted by atomic mass is 9.99. The fraction of sp³-hybridized carbons (Fsp3) is 0.602. The van der Waals surface area contributed by atoms with Gasteiger partial charge in [0.1, 0.15) is 84.6 Å². The summed E-state index contributed by atoms with van der Waals surface area (Å²) in [6.45, 7) is 17.0. The van der Waals surface area contributed by atoms with Crippen LogP contribution in [-0.2, 0) is 106 Å². The number of aliphatic hydroxyl groups is 2. The van der Waals surface area contributed by atoms with Crippen LogP contribution in [0.4, 0.5) is 0 Å². The molecule has 0 spiro atoms. The Morgan fingerprint density at radius 1 is 0.456 bits per heavy atom. The first kappa shape index (κ1) is 105. The number of carbonyl (C=O) groups excluding carboxylic acids is 15. The number of aromatic nitrogens is 2. The highest BCUT2D eigenvalue weighted by Crippen LogP contribution is 2.23. The number of carboxylic acid groups (broad SMARTS) is 3. The largest absolute Gasteiger partial charge is 0.481 e. The lowest BCUT2D eigenvalue weighted by Gasteiger charge is -2.32. The van der Waals surface area contributed by atoms with Gasteiger partial charge in [0.05, 0.1) is 36.7 Å². The highest BCUT2D eigenvalue weighted by Gasteiger charge is 2.43. The number of nitrogens with one attached hydrogen (secondary N) is 14. The number of nitrogens with two attached hydrogens (primary N) is 3. The van der Waals surface area contributed by atoms with E-state index in [2.05, 4.69) is 79.1 Å². The van der Waals surface area contributed by atoms with E-state index in [1.54, 1.807) is 102 Å². The molecule has 25 N–H and O–H groups in total. The van der Waals surface area contributed by atoms with Gasteiger partial charge in [0.15, 0.2) is 0 Å². The number of hydrogen-bond donors (Lipinski definition) is 22. The van der Waals surface area contributed by atoms with Crippen LogP contribution in [0.3, 0.4) is 0 Å². The molecule has 4 rings (SSSR count). The number of hydrogen-bond acceptors (Lipinski definition) is 23. The Morgan fingerprint density at radius 3 is 1.40 bits per heavy atom. The minimum Gasteiger partial charge on any atom is -0.481 e. The summed E-state index contributed by atoms with van der Waals surface area (Å²) in [4.78, 5) is 255. The molecule has 17 atom stereocenters. The Morgan fingerprint density at radius 2 is 0.888 bits per heavy atom. The van der Waals surface area contributed by atoms with Crippen LogP contribution in [0.25, 0.3) is 0 Å². The molecule has 15 amide bonds. The first-order chi connectivity index (χ1) is 58.8. The average molecular weight is 1770 g/mol. The number of carboxylic acids is 3. The molecule has 1 saturated heterocycles. The van der Waals surface area contributed by atoms with E-state index >= 15 is 0 Å². The van der Waals surface area contributed by atoms with Crippen molar-refractivity contribution < 1.29 is 112 Å². The van der Waals surface area contributed by atoms with Crippen molar-refractivity contribution in [2.75, 3.05) is 13.1 Å². The summed E-state index contributed by atoms with van der Waals surface area (Å²) in [6.07, 6.45) is -3.33. The summed E-state index contributed by atoms with van der Waals surface area (Å²) < 4.78 is 0. The zero-order valence-electron chi connectivity index (χ0n) is 72.5. The van der Waals surface area contributed by atoms with Gasteiger partial charge in [0.25, 0.3) is 0 Å². The number of aliphatic carboxylic acids is 3. The van der Waals surface area contributed by atoms with Crippen LogP contribution in [0, 0.1) is 23.7 Å². The molecule has 0 radical (unpaired) electrons. The highest BCUT2D eigenvalue weighted by molar-refractivity contribution is 6.01. The number of carbonyl (C=O) groups is 18. The molecule has 2 aromatic carbocycles. The monoisotopic (exact) mass is 1770 g/mol. The van der Waals surface area contributed by atoms with Gasteiger partial charge in [-0.2, -0.15) is 0 Å². The number of nitrogens with zero attached hydrogens (tertiary/aromatic N) is 2. The summed E-state index contributed by atoms with van der Waals surface area (Å²) in [5, 5.41) is 84.1. The lowest BCUT2D eigenvalue weighted by molar-refractivity contribution is -0.144. The molecule has 0 aliphatic carbocycles. The van der Waals surface area contributed by atoms with Crippen molar-refractivity contribution in [3.8, 4) is 0 Å². The quantitative estimate of drug-likeness (QED) is 0.0148. The average Bonchev–Trinajstić information content (AvgIpc) is 1.67. The number of aromatic amines is 1. The number of imidazole rings is 1. The van der Waals surface area contributed by atoms with Crippen LogP contribution in [-0.4, -0.2) is 263 Å². The molecular formula is C83H127N19O23. The Balaban J connectivity index is 1.51. The number of benzene rings is 2. The zero-order chi connectivity index (χ0) is 93.6. The van der Waals surface area contributed by atoms with E-state index in [1.165, 1.54) is 38.2 Å². The number of amides is 15. The first-order valence-corrected chi connectivity index (χ1v) is 41.9. The van der Waals surface area contributed by atoms with Crippen LogP contribution >= 0.6 is 0 Å². The third-order valence-corrected chi connectivity index (χ3v) is 20.3. The number of H-pyrrole nitrogens is 1. The molecule has 692 valence electrons. The van der Waals surface area contributed by atoms with E-state index in [9.17, 15) is 112 Å². The minimum atomic E-state index is -1.91. The molecule has 1 aromatic heterocycles. The van der Waals surface area contributed by atoms with Crippen LogP contribution in [0.2, 0.25) is 0 Å². The summed E-state index contributed by atoms with van der Waals surface area (Å²) in [5.41, 5.74) is 18.5. The maximum Gasteiger partial charge on any atom is 0.326 e. The van der Waals surface area contributed by atoms with E-state index in [1.807, 2.05) is 0 Å². The number of unbranched alkanes of at least 4 members (excludes halogenated alkanes) is 1. The Labute approximate surface area is 725 Å². The molecular weight excluding hydrogens is 1640 g/mol. The van der Waals surface area contributed by atoms with Gasteiger partial charge in [-0.05, 0) is 133 Å². The maximum absolute atomic E-state index is 14.8. The molecule has 42 heteroatoms. The fourth-order valence-corrected chi connectivity index (χ4v) is 13.6. The summed E-state index contributed by atoms with van der Waals surface area (Å²) in [7, 11) is 0. The second kappa shape index (κ2) is 52.5. The van der Waals surface area contributed by atoms with Gasteiger partial charge in [0.2, 0.25) is 88.6 Å². The van der Waals surface area contributed by atoms with Crippen molar-refractivity contribution in [1.29, 1.82) is 0 Å². The number of primary amides is 1. The standard InChI is InChI=1S/C83H127N19O23/c1-42(2)33-56(95-74(114)60(39-63(86)105)94-70(110)52(85)36-49-21-14-12-15-22-49)72(112)91-53(28-30-65(107)108)71(111)89-46(9)69(109)93-57(34-43(3)4)75(115)99-66(45(7)8)78(118)101-68(48(11)104)79(119)97-59(38-51-40-87-41-88-51)76(116)100-67(47(10)103)80(120)98-61(35-44(5)6)81(121)102-32-20-26-62(102)77(117)96-58(37-50-23-16-13-17-24-50)73(113)92-55(83(124)125)27-29-64(106)90-54(82(122)123)25-18-19-31-84/h12-17,21-24,40-48,52-62,66-68,103-104H,18-20,25-39,84-85H2,1-11H3,(H2,86,105)(H,87,88)(H,89,111)(H,90,106)(H,91,112)(H,92,113)(H,93,109)(H,94,110)(H,95,114)(H,96,117)(H,97,119)(H,98,120)(H,99,115)(H,100,116)(H,101,118)(H,107,108)(H,122,123)(H,124,125)/t46-,47+,48+,52-,53-,54-,55-,56-,57-,58-,59-,60-,61-,62-,66-,67-,68-/m0/s1/i18+1,19+1,25+1,31+1,54+1,82+1,84+1,90+1. The molecule has 42 nitrogen and oxygen atoms in total. The van der Waals surface area contributed by atoms with Crippen LogP contribution in [0.15, 0.2) is 73.2 Å². The molecule has 0 saturated carbocycles. The second-order valence-electron chi connectivity index (χ2n) is 33.0. The van der Waals surface area contributed by atoms with Crippen molar-refractivity contribution >= 4 is 107 Å². The van der Waals surface area contributed by atoms with Crippen molar-refractivity contribution in [2.24, 2.45) is 40.9 Å². The van der Waals surface area contributed by atoms with Crippen LogP contribution in [0.1, 0.15) is 176 Å². The van der Waals surface area contributed by atoms with E-state index in [0.29, 0.717) is 30.5 Å². The van der Waals surface area contributed by atoms with Crippen molar-refractivity contribution in [2.45, 2.75) is 282 Å². The summed E-state index contributed by atoms with van der Waals surface area (Å²) in [5.74, 6) is -20.8. The van der Waals surface area contributed by atoms with Gasteiger partial charge in [-0.25, -0.2) is 14.6 Å². The van der Waals surface area contributed by atoms with E-state index < -0.39 is 254 Å².